The Balaban J connectivity index is 2.19. The fourth-order valence-corrected chi connectivity index (χ4v) is 3.13. The van der Waals surface area contributed by atoms with Crippen LogP contribution in [0.1, 0.15) is 5.56 Å². The molecule has 0 fully saturated rings. The van der Waals surface area contributed by atoms with Crippen LogP contribution < -0.4 is 5.32 Å². The van der Waals surface area contributed by atoms with Crippen LogP contribution in [0.3, 0.4) is 0 Å². The van der Waals surface area contributed by atoms with Gasteiger partial charge in [0.1, 0.15) is 5.02 Å². The number of hydrogen-bond acceptors (Lipinski definition) is 3. The fourth-order valence-electron chi connectivity index (χ4n) is 1.67. The van der Waals surface area contributed by atoms with Crippen LogP contribution in [-0.2, 0) is 6.54 Å². The summed E-state index contributed by atoms with van der Waals surface area (Å²) in [5.74, 6) is 0. The maximum atomic E-state index is 10.8. The molecule has 0 radical (unpaired) electrons. The average molecular weight is 420 g/mol. The zero-order valence-corrected chi connectivity index (χ0v) is 14.0. The molecule has 0 aromatic heterocycles. The predicted octanol–water partition coefficient (Wildman–Crippen LogP) is 5.39. The highest BCUT2D eigenvalue weighted by Gasteiger charge is 2.13. The normalized spacial score (nSPS) is 10.3. The molecule has 0 spiro atoms. The molecule has 0 unspecified atom stereocenters. The first-order valence-electron chi connectivity index (χ1n) is 5.59. The molecule has 104 valence electrons. The Kier molecular flexibility index (Phi) is 5.01. The molecule has 0 aliphatic heterocycles. The van der Waals surface area contributed by atoms with Gasteiger partial charge in [-0.05, 0) is 55.6 Å². The summed E-state index contributed by atoms with van der Waals surface area (Å²) in [5, 5.41) is 14.2. The van der Waals surface area contributed by atoms with E-state index in [1.807, 2.05) is 18.2 Å². The minimum absolute atomic E-state index is 0.0860. The number of nitrogens with one attached hydrogen (secondary N) is 1. The van der Waals surface area contributed by atoms with Crippen LogP contribution in [0.25, 0.3) is 0 Å². The lowest BCUT2D eigenvalue weighted by Gasteiger charge is -2.10. The smallest absolute Gasteiger partial charge is 0.288 e. The van der Waals surface area contributed by atoms with Gasteiger partial charge < -0.3 is 5.32 Å². The topological polar surface area (TPSA) is 55.2 Å². The number of nitro benzene ring substituents is 1. The monoisotopic (exact) mass is 418 g/mol. The summed E-state index contributed by atoms with van der Waals surface area (Å²) in [6.45, 7) is 0.458. The van der Waals surface area contributed by atoms with Crippen molar-refractivity contribution in [3.8, 4) is 0 Å². The van der Waals surface area contributed by atoms with Gasteiger partial charge in [-0.15, -0.1) is 0 Å². The van der Waals surface area contributed by atoms with Crippen molar-refractivity contribution < 1.29 is 4.92 Å². The minimum Gasteiger partial charge on any atom is -0.379 e. The molecular weight excluding hydrogens is 411 g/mol. The number of anilines is 1. The van der Waals surface area contributed by atoms with Crippen molar-refractivity contribution in [3.05, 3.63) is 66.0 Å². The first-order valence-corrected chi connectivity index (χ1v) is 7.56. The second kappa shape index (κ2) is 6.56. The summed E-state index contributed by atoms with van der Waals surface area (Å²) in [6, 6.07) is 10.5. The Hall–Kier alpha value is -1.11. The van der Waals surface area contributed by atoms with Gasteiger partial charge in [0.05, 0.1) is 10.6 Å². The summed E-state index contributed by atoms with van der Waals surface area (Å²) in [6.07, 6.45) is 0. The molecule has 4 nitrogen and oxygen atoms in total. The van der Waals surface area contributed by atoms with Crippen molar-refractivity contribution in [1.29, 1.82) is 0 Å². The quantitative estimate of drug-likeness (QED) is 0.533. The van der Waals surface area contributed by atoms with E-state index < -0.39 is 4.92 Å². The SMILES string of the molecule is O=[N+]([O-])c1cc(CNc2c(Br)cccc2Br)ccc1Cl. The zero-order valence-electron chi connectivity index (χ0n) is 10.1. The first-order chi connectivity index (χ1) is 9.49. The standard InChI is InChI=1S/C13H9Br2ClN2O2/c14-9-2-1-3-10(15)13(9)17-7-8-4-5-11(16)12(6-8)18(19)20/h1-6,17H,7H2. The molecular formula is C13H9Br2ClN2O2. The van der Waals surface area contributed by atoms with E-state index >= 15 is 0 Å². The Morgan fingerprint density at radius 1 is 1.20 bits per heavy atom. The molecule has 7 heteroatoms. The van der Waals surface area contributed by atoms with Crippen LogP contribution in [-0.4, -0.2) is 4.92 Å². The summed E-state index contributed by atoms with van der Waals surface area (Å²) in [4.78, 5) is 10.4. The number of benzene rings is 2. The Morgan fingerprint density at radius 3 is 2.45 bits per heavy atom. The number of nitrogens with zero attached hydrogens (tertiary/aromatic N) is 1. The molecule has 0 aliphatic carbocycles. The predicted molar refractivity (Wildman–Crippen MR) is 87.3 cm³/mol. The fraction of sp³-hybridized carbons (Fsp3) is 0.0769. The number of rotatable bonds is 4. The van der Waals surface area contributed by atoms with Crippen LogP contribution >= 0.6 is 43.5 Å². The first kappa shape index (κ1) is 15.3. The molecule has 0 aliphatic rings. The average Bonchev–Trinajstić information content (AvgIpc) is 2.39. The van der Waals surface area contributed by atoms with Gasteiger partial charge in [-0.3, -0.25) is 10.1 Å². The summed E-state index contributed by atoms with van der Waals surface area (Å²) < 4.78 is 1.82. The van der Waals surface area contributed by atoms with E-state index in [1.54, 1.807) is 6.07 Å². The van der Waals surface area contributed by atoms with Crippen molar-refractivity contribution in [1.82, 2.24) is 0 Å². The maximum Gasteiger partial charge on any atom is 0.288 e. The molecule has 2 aromatic rings. The number of hydrogen-bond donors (Lipinski definition) is 1. The molecule has 0 saturated heterocycles. The van der Waals surface area contributed by atoms with E-state index in [-0.39, 0.29) is 10.7 Å². The lowest BCUT2D eigenvalue weighted by molar-refractivity contribution is -0.384. The van der Waals surface area contributed by atoms with Gasteiger partial charge >= 0.3 is 0 Å². The van der Waals surface area contributed by atoms with E-state index in [4.69, 9.17) is 11.6 Å². The molecule has 2 rings (SSSR count). The van der Waals surface area contributed by atoms with Gasteiger partial charge in [0.2, 0.25) is 0 Å². The van der Waals surface area contributed by atoms with Crippen LogP contribution in [0.4, 0.5) is 11.4 Å². The highest BCUT2D eigenvalue weighted by molar-refractivity contribution is 9.11. The van der Waals surface area contributed by atoms with E-state index in [1.165, 1.54) is 12.1 Å². The highest BCUT2D eigenvalue weighted by Crippen LogP contribution is 2.31. The zero-order chi connectivity index (χ0) is 14.7. The molecule has 1 N–H and O–H groups in total. The van der Waals surface area contributed by atoms with Crippen molar-refractivity contribution in [3.63, 3.8) is 0 Å². The molecule has 0 bridgehead atoms. The van der Waals surface area contributed by atoms with Crippen LogP contribution in [0.2, 0.25) is 5.02 Å². The molecule has 0 saturated carbocycles. The Labute approximate surface area is 137 Å². The molecule has 2 aromatic carbocycles. The van der Waals surface area contributed by atoms with E-state index in [2.05, 4.69) is 37.2 Å². The summed E-state index contributed by atoms with van der Waals surface area (Å²) >= 11 is 12.7. The van der Waals surface area contributed by atoms with Gasteiger partial charge in [0, 0.05) is 21.6 Å². The lowest BCUT2D eigenvalue weighted by Crippen LogP contribution is -2.01. The lowest BCUT2D eigenvalue weighted by atomic mass is 10.2. The van der Waals surface area contributed by atoms with Crippen LogP contribution in [0.5, 0.6) is 0 Å². The van der Waals surface area contributed by atoms with Crippen LogP contribution in [0.15, 0.2) is 45.3 Å². The second-order valence-corrected chi connectivity index (χ2v) is 6.11. The second-order valence-electron chi connectivity index (χ2n) is 3.99. The highest BCUT2D eigenvalue weighted by atomic mass is 79.9. The van der Waals surface area contributed by atoms with Crippen LogP contribution in [0, 0.1) is 10.1 Å². The number of para-hydroxylation sites is 1. The third-order valence-electron chi connectivity index (χ3n) is 2.64. The third-order valence-corrected chi connectivity index (χ3v) is 4.28. The Bertz CT molecular complexity index is 645. The van der Waals surface area contributed by atoms with E-state index in [0.29, 0.717) is 6.54 Å². The van der Waals surface area contributed by atoms with E-state index in [0.717, 1.165) is 20.2 Å². The molecule has 0 amide bonds. The minimum atomic E-state index is -0.486. The van der Waals surface area contributed by atoms with Gasteiger partial charge in [0.15, 0.2) is 0 Å². The summed E-state index contributed by atoms with van der Waals surface area (Å²) in [5.41, 5.74) is 1.59. The molecule has 0 atom stereocenters. The molecule has 20 heavy (non-hydrogen) atoms. The van der Waals surface area contributed by atoms with Crippen molar-refractivity contribution in [2.45, 2.75) is 6.54 Å². The van der Waals surface area contributed by atoms with Gasteiger partial charge in [-0.2, -0.15) is 0 Å². The number of nitro groups is 1. The Morgan fingerprint density at radius 2 is 1.85 bits per heavy atom. The third kappa shape index (κ3) is 3.50. The van der Waals surface area contributed by atoms with Gasteiger partial charge in [0.25, 0.3) is 5.69 Å². The van der Waals surface area contributed by atoms with Gasteiger partial charge in [-0.1, -0.05) is 23.7 Å². The molecule has 0 heterocycles. The number of halogens is 3. The van der Waals surface area contributed by atoms with Crippen molar-refractivity contribution in [2.24, 2.45) is 0 Å². The summed E-state index contributed by atoms with van der Waals surface area (Å²) in [7, 11) is 0. The van der Waals surface area contributed by atoms with Gasteiger partial charge in [-0.25, -0.2) is 0 Å². The largest absolute Gasteiger partial charge is 0.379 e. The van der Waals surface area contributed by atoms with Crippen molar-refractivity contribution in [2.75, 3.05) is 5.32 Å². The van der Waals surface area contributed by atoms with E-state index in [9.17, 15) is 10.1 Å². The van der Waals surface area contributed by atoms with Crippen molar-refractivity contribution >= 4 is 54.8 Å². The maximum absolute atomic E-state index is 10.8.